The van der Waals surface area contributed by atoms with E-state index >= 15 is 0 Å². The highest BCUT2D eigenvalue weighted by Crippen LogP contribution is 2.16. The maximum atomic E-state index is 11.7. The van der Waals surface area contributed by atoms with Gasteiger partial charge in [-0.1, -0.05) is 18.2 Å². The SMILES string of the molecule is COC(=O)C[C@H](NC(=O)CSc1ccccc1)C(=O)O. The lowest BCUT2D eigenvalue weighted by molar-refractivity contribution is -0.148. The minimum absolute atomic E-state index is 0.0783. The second-order valence-electron chi connectivity index (χ2n) is 3.84. The molecule has 0 saturated carbocycles. The summed E-state index contributed by atoms with van der Waals surface area (Å²) in [5.74, 6) is -2.33. The minimum atomic E-state index is -1.27. The van der Waals surface area contributed by atoms with Crippen LogP contribution in [-0.4, -0.2) is 41.9 Å². The van der Waals surface area contributed by atoms with Gasteiger partial charge in [0.05, 0.1) is 19.3 Å². The Balaban J connectivity index is 2.46. The lowest BCUT2D eigenvalue weighted by Gasteiger charge is -2.13. The number of rotatable bonds is 7. The van der Waals surface area contributed by atoms with E-state index in [-0.39, 0.29) is 5.75 Å². The van der Waals surface area contributed by atoms with E-state index < -0.39 is 30.3 Å². The lowest BCUT2D eigenvalue weighted by Crippen LogP contribution is -2.43. The van der Waals surface area contributed by atoms with E-state index in [1.807, 2.05) is 30.3 Å². The van der Waals surface area contributed by atoms with Crippen molar-refractivity contribution in [3.05, 3.63) is 30.3 Å². The van der Waals surface area contributed by atoms with Gasteiger partial charge in [0.1, 0.15) is 6.04 Å². The summed E-state index contributed by atoms with van der Waals surface area (Å²) in [7, 11) is 1.16. The van der Waals surface area contributed by atoms with E-state index in [4.69, 9.17) is 5.11 Å². The number of ether oxygens (including phenoxy) is 1. The van der Waals surface area contributed by atoms with Crippen molar-refractivity contribution in [2.24, 2.45) is 0 Å². The van der Waals surface area contributed by atoms with Crippen molar-refractivity contribution in [2.45, 2.75) is 17.4 Å². The fraction of sp³-hybridized carbons (Fsp3) is 0.308. The fourth-order valence-corrected chi connectivity index (χ4v) is 2.08. The molecule has 0 aliphatic rings. The van der Waals surface area contributed by atoms with Crippen molar-refractivity contribution < 1.29 is 24.2 Å². The van der Waals surface area contributed by atoms with E-state index in [0.717, 1.165) is 12.0 Å². The minimum Gasteiger partial charge on any atom is -0.480 e. The van der Waals surface area contributed by atoms with Crippen LogP contribution in [0.1, 0.15) is 6.42 Å². The molecule has 20 heavy (non-hydrogen) atoms. The van der Waals surface area contributed by atoms with Gasteiger partial charge in [0.25, 0.3) is 0 Å². The molecular formula is C13H15NO5S. The van der Waals surface area contributed by atoms with Crippen LogP contribution < -0.4 is 5.32 Å². The van der Waals surface area contributed by atoms with Crippen molar-refractivity contribution in [1.82, 2.24) is 5.32 Å². The Morgan fingerprint density at radius 1 is 1.30 bits per heavy atom. The largest absolute Gasteiger partial charge is 0.480 e. The summed E-state index contributed by atoms with van der Waals surface area (Å²) in [5.41, 5.74) is 0. The summed E-state index contributed by atoms with van der Waals surface area (Å²) < 4.78 is 4.38. The van der Waals surface area contributed by atoms with Crippen LogP contribution in [0, 0.1) is 0 Å². The number of methoxy groups -OCH3 is 1. The molecule has 1 aromatic carbocycles. The Kier molecular flexibility index (Phi) is 6.58. The first-order valence-electron chi connectivity index (χ1n) is 5.79. The smallest absolute Gasteiger partial charge is 0.326 e. The first-order valence-corrected chi connectivity index (χ1v) is 6.78. The van der Waals surface area contributed by atoms with Crippen LogP contribution in [0.2, 0.25) is 0 Å². The predicted molar refractivity (Wildman–Crippen MR) is 73.4 cm³/mol. The Morgan fingerprint density at radius 3 is 2.50 bits per heavy atom. The maximum absolute atomic E-state index is 11.7. The molecule has 0 heterocycles. The molecule has 0 radical (unpaired) electrons. The van der Waals surface area contributed by atoms with E-state index in [1.165, 1.54) is 11.8 Å². The molecule has 0 aliphatic carbocycles. The van der Waals surface area contributed by atoms with Gasteiger partial charge in [0.2, 0.25) is 5.91 Å². The number of nitrogens with one attached hydrogen (secondary N) is 1. The number of carboxylic acid groups (broad SMARTS) is 1. The average Bonchev–Trinajstić information content (AvgIpc) is 2.45. The number of amides is 1. The molecule has 0 spiro atoms. The zero-order valence-electron chi connectivity index (χ0n) is 10.9. The first kappa shape index (κ1) is 16.0. The Hall–Kier alpha value is -2.02. The summed E-state index contributed by atoms with van der Waals surface area (Å²) in [6.45, 7) is 0. The number of benzene rings is 1. The first-order chi connectivity index (χ1) is 9.52. The normalized spacial score (nSPS) is 11.4. The number of aliphatic carboxylic acids is 1. The number of esters is 1. The van der Waals surface area contributed by atoms with Crippen LogP contribution in [0.4, 0.5) is 0 Å². The second kappa shape index (κ2) is 8.21. The number of carbonyl (C=O) groups is 3. The van der Waals surface area contributed by atoms with Crippen LogP contribution in [0.3, 0.4) is 0 Å². The van der Waals surface area contributed by atoms with Gasteiger partial charge in [-0.15, -0.1) is 11.8 Å². The molecule has 0 aliphatic heterocycles. The highest BCUT2D eigenvalue weighted by Gasteiger charge is 2.23. The molecule has 108 valence electrons. The highest BCUT2D eigenvalue weighted by molar-refractivity contribution is 8.00. The topological polar surface area (TPSA) is 92.7 Å². The predicted octanol–water partition coefficient (Wildman–Crippen LogP) is 0.911. The summed E-state index contributed by atoms with van der Waals surface area (Å²) >= 11 is 1.29. The average molecular weight is 297 g/mol. The van der Waals surface area contributed by atoms with Crippen molar-refractivity contribution in [3.63, 3.8) is 0 Å². The van der Waals surface area contributed by atoms with Gasteiger partial charge in [-0.25, -0.2) is 4.79 Å². The highest BCUT2D eigenvalue weighted by atomic mass is 32.2. The maximum Gasteiger partial charge on any atom is 0.326 e. The Labute approximate surface area is 120 Å². The van der Waals surface area contributed by atoms with Gasteiger partial charge < -0.3 is 15.2 Å². The summed E-state index contributed by atoms with van der Waals surface area (Å²) in [4.78, 5) is 34.5. The molecule has 1 atom stereocenters. The third-order valence-corrected chi connectivity index (χ3v) is 3.36. The van der Waals surface area contributed by atoms with Crippen molar-refractivity contribution in [2.75, 3.05) is 12.9 Å². The summed E-state index contributed by atoms with van der Waals surface area (Å²) in [6, 6.07) is 7.98. The monoisotopic (exact) mass is 297 g/mol. The molecule has 0 fully saturated rings. The number of hydrogen-bond donors (Lipinski definition) is 2. The van der Waals surface area contributed by atoms with Gasteiger partial charge in [-0.05, 0) is 12.1 Å². The molecule has 0 saturated heterocycles. The Morgan fingerprint density at radius 2 is 1.95 bits per heavy atom. The number of thioether (sulfide) groups is 1. The molecule has 2 N–H and O–H groups in total. The quantitative estimate of drug-likeness (QED) is 0.574. The molecule has 1 rings (SSSR count). The van der Waals surface area contributed by atoms with Crippen LogP contribution in [-0.2, 0) is 19.1 Å². The summed E-state index contributed by atoms with van der Waals surface area (Å²) in [6.07, 6.45) is -0.395. The standard InChI is InChI=1S/C13H15NO5S/c1-19-12(16)7-10(13(17)18)14-11(15)8-20-9-5-3-2-4-6-9/h2-6,10H,7-8H2,1H3,(H,14,15)(H,17,18)/t10-/m0/s1. The molecular weight excluding hydrogens is 282 g/mol. The molecule has 7 heteroatoms. The van der Waals surface area contributed by atoms with Crippen LogP contribution in [0.15, 0.2) is 35.2 Å². The molecule has 0 aromatic heterocycles. The molecule has 1 aromatic rings. The third-order valence-electron chi connectivity index (χ3n) is 2.34. The number of carbonyl (C=O) groups excluding carboxylic acids is 2. The zero-order chi connectivity index (χ0) is 15.0. The molecule has 0 unspecified atom stereocenters. The van der Waals surface area contributed by atoms with Crippen LogP contribution in [0.25, 0.3) is 0 Å². The van der Waals surface area contributed by atoms with Crippen molar-refractivity contribution >= 4 is 29.6 Å². The van der Waals surface area contributed by atoms with Gasteiger partial charge in [0, 0.05) is 4.90 Å². The second-order valence-corrected chi connectivity index (χ2v) is 4.89. The summed E-state index contributed by atoms with van der Waals surface area (Å²) in [5, 5.41) is 11.2. The van der Waals surface area contributed by atoms with E-state index in [1.54, 1.807) is 0 Å². The molecule has 1 amide bonds. The van der Waals surface area contributed by atoms with Crippen LogP contribution >= 0.6 is 11.8 Å². The van der Waals surface area contributed by atoms with Crippen molar-refractivity contribution in [1.29, 1.82) is 0 Å². The van der Waals surface area contributed by atoms with Crippen molar-refractivity contribution in [3.8, 4) is 0 Å². The molecule has 0 bridgehead atoms. The van der Waals surface area contributed by atoms with E-state index in [9.17, 15) is 14.4 Å². The van der Waals surface area contributed by atoms with E-state index in [2.05, 4.69) is 10.1 Å². The fourth-order valence-electron chi connectivity index (χ4n) is 1.35. The van der Waals surface area contributed by atoms with Gasteiger partial charge >= 0.3 is 11.9 Å². The number of hydrogen-bond acceptors (Lipinski definition) is 5. The number of carboxylic acids is 1. The Bertz CT molecular complexity index is 477. The van der Waals surface area contributed by atoms with Gasteiger partial charge in [-0.3, -0.25) is 9.59 Å². The van der Waals surface area contributed by atoms with Gasteiger partial charge in [-0.2, -0.15) is 0 Å². The zero-order valence-corrected chi connectivity index (χ0v) is 11.7. The molecule has 6 nitrogen and oxygen atoms in total. The van der Waals surface area contributed by atoms with Crippen LogP contribution in [0.5, 0.6) is 0 Å². The third kappa shape index (κ3) is 5.75. The lowest BCUT2D eigenvalue weighted by atomic mass is 10.2. The van der Waals surface area contributed by atoms with E-state index in [0.29, 0.717) is 0 Å². The van der Waals surface area contributed by atoms with Gasteiger partial charge in [0.15, 0.2) is 0 Å².